The number of halogens is 1. The molecule has 0 radical (unpaired) electrons. The number of hydrogen-bond donors (Lipinski definition) is 1. The van der Waals surface area contributed by atoms with E-state index in [9.17, 15) is 4.79 Å². The third-order valence-electron chi connectivity index (χ3n) is 4.66. The predicted molar refractivity (Wildman–Crippen MR) is 101 cm³/mol. The molecule has 4 rings (SSSR count). The highest BCUT2D eigenvalue weighted by atomic mass is 35.5. The highest BCUT2D eigenvalue weighted by Crippen LogP contribution is 2.26. The number of H-pyrrole nitrogens is 1. The summed E-state index contributed by atoms with van der Waals surface area (Å²) >= 11 is 6.13. The van der Waals surface area contributed by atoms with E-state index in [0.29, 0.717) is 30.2 Å². The number of hydrogen-bond acceptors (Lipinski definition) is 4. The molecule has 0 bridgehead atoms. The van der Waals surface area contributed by atoms with Crippen LogP contribution in [0.25, 0.3) is 11.5 Å². The summed E-state index contributed by atoms with van der Waals surface area (Å²) in [4.78, 5) is 16.8. The zero-order valence-corrected chi connectivity index (χ0v) is 15.2. The fourth-order valence-electron chi connectivity index (χ4n) is 3.22. The van der Waals surface area contributed by atoms with E-state index in [1.165, 1.54) is 5.56 Å². The minimum atomic E-state index is -0.0680. The number of aromatic amines is 1. The molecule has 1 amide bonds. The van der Waals surface area contributed by atoms with Crippen molar-refractivity contribution < 1.29 is 9.21 Å². The average Bonchev–Trinajstić information content (AvgIpc) is 3.35. The van der Waals surface area contributed by atoms with Crippen LogP contribution in [0.3, 0.4) is 0 Å². The number of furan rings is 1. The van der Waals surface area contributed by atoms with Crippen molar-refractivity contribution in [3.05, 3.63) is 58.9 Å². The Morgan fingerprint density at radius 2 is 2.00 bits per heavy atom. The standard InChI is InChI=1S/C19H19ClN4O2/c1-13-4-5-14(20)11-17(13)23-6-8-24(9-7-23)19(25)16-12-15(21-22-16)18-3-2-10-26-18/h2-5,10-12H,6-9H2,1H3,(H,21,22). The van der Waals surface area contributed by atoms with Crippen LogP contribution in [0.2, 0.25) is 5.02 Å². The van der Waals surface area contributed by atoms with Crippen LogP contribution in [0.4, 0.5) is 5.69 Å². The SMILES string of the molecule is Cc1ccc(Cl)cc1N1CCN(C(=O)c2cc(-c3ccco3)[nH]n2)CC1. The molecule has 0 unspecified atom stereocenters. The lowest BCUT2D eigenvalue weighted by Gasteiger charge is -2.36. The quantitative estimate of drug-likeness (QED) is 0.765. The molecule has 1 aliphatic heterocycles. The molecule has 1 fully saturated rings. The number of anilines is 1. The summed E-state index contributed by atoms with van der Waals surface area (Å²) in [5, 5.41) is 7.73. The van der Waals surface area contributed by atoms with E-state index < -0.39 is 0 Å². The van der Waals surface area contributed by atoms with E-state index in [1.54, 1.807) is 18.4 Å². The van der Waals surface area contributed by atoms with E-state index in [-0.39, 0.29) is 5.91 Å². The third kappa shape index (κ3) is 3.20. The van der Waals surface area contributed by atoms with Crippen LogP contribution in [-0.2, 0) is 0 Å². The van der Waals surface area contributed by atoms with Crippen molar-refractivity contribution >= 4 is 23.2 Å². The van der Waals surface area contributed by atoms with Gasteiger partial charge in [0.1, 0.15) is 5.69 Å². The number of carbonyl (C=O) groups is 1. The molecule has 2 aromatic heterocycles. The van der Waals surface area contributed by atoms with Gasteiger partial charge in [0, 0.05) is 43.0 Å². The van der Waals surface area contributed by atoms with Gasteiger partial charge in [-0.2, -0.15) is 5.10 Å². The molecule has 6 nitrogen and oxygen atoms in total. The van der Waals surface area contributed by atoms with Gasteiger partial charge in [-0.15, -0.1) is 0 Å². The molecule has 26 heavy (non-hydrogen) atoms. The molecule has 0 spiro atoms. The average molecular weight is 371 g/mol. The maximum atomic E-state index is 12.7. The summed E-state index contributed by atoms with van der Waals surface area (Å²) in [7, 11) is 0. The number of rotatable bonds is 3. The number of aryl methyl sites for hydroxylation is 1. The zero-order chi connectivity index (χ0) is 18.1. The molecule has 1 aromatic carbocycles. The molecule has 134 valence electrons. The fraction of sp³-hybridized carbons (Fsp3) is 0.263. The number of piperazine rings is 1. The Hall–Kier alpha value is -2.73. The van der Waals surface area contributed by atoms with E-state index in [2.05, 4.69) is 22.0 Å². The number of carbonyl (C=O) groups excluding carboxylic acids is 1. The summed E-state index contributed by atoms with van der Waals surface area (Å²) in [6.45, 7) is 4.90. The van der Waals surface area contributed by atoms with Gasteiger partial charge >= 0.3 is 0 Å². The zero-order valence-electron chi connectivity index (χ0n) is 14.4. The largest absolute Gasteiger partial charge is 0.463 e. The van der Waals surface area contributed by atoms with Crippen molar-refractivity contribution in [1.29, 1.82) is 0 Å². The molecule has 1 aliphatic rings. The molecular formula is C19H19ClN4O2. The molecule has 1 N–H and O–H groups in total. The van der Waals surface area contributed by atoms with Crippen LogP contribution in [-0.4, -0.2) is 47.2 Å². The van der Waals surface area contributed by atoms with E-state index >= 15 is 0 Å². The summed E-state index contributed by atoms with van der Waals surface area (Å²) in [6, 6.07) is 11.3. The van der Waals surface area contributed by atoms with Crippen LogP contribution < -0.4 is 4.90 Å². The van der Waals surface area contributed by atoms with Gasteiger partial charge in [-0.3, -0.25) is 9.89 Å². The number of aromatic nitrogens is 2. The van der Waals surface area contributed by atoms with Gasteiger partial charge in [-0.25, -0.2) is 0 Å². The fourth-order valence-corrected chi connectivity index (χ4v) is 3.39. The maximum absolute atomic E-state index is 12.7. The lowest BCUT2D eigenvalue weighted by Crippen LogP contribution is -2.49. The topological polar surface area (TPSA) is 65.4 Å². The number of benzene rings is 1. The molecule has 0 saturated carbocycles. The van der Waals surface area contributed by atoms with Crippen LogP contribution in [0, 0.1) is 6.92 Å². The first-order chi connectivity index (χ1) is 12.6. The highest BCUT2D eigenvalue weighted by Gasteiger charge is 2.25. The Kier molecular flexibility index (Phi) is 4.42. The second kappa shape index (κ2) is 6.88. The first kappa shape index (κ1) is 16.7. The Morgan fingerprint density at radius 3 is 2.73 bits per heavy atom. The molecule has 0 atom stereocenters. The van der Waals surface area contributed by atoms with Gasteiger partial charge in [-0.05, 0) is 36.8 Å². The number of nitrogens with one attached hydrogen (secondary N) is 1. The molecule has 7 heteroatoms. The molecule has 3 heterocycles. The Morgan fingerprint density at radius 1 is 1.19 bits per heavy atom. The van der Waals surface area contributed by atoms with Gasteiger partial charge in [0.05, 0.1) is 6.26 Å². The van der Waals surface area contributed by atoms with E-state index in [4.69, 9.17) is 16.0 Å². The van der Waals surface area contributed by atoms with Crippen LogP contribution in [0.1, 0.15) is 16.1 Å². The van der Waals surface area contributed by atoms with Crippen LogP contribution >= 0.6 is 11.6 Å². The Bertz CT molecular complexity index is 912. The molecule has 3 aromatic rings. The second-order valence-electron chi connectivity index (χ2n) is 6.35. The highest BCUT2D eigenvalue weighted by molar-refractivity contribution is 6.30. The minimum absolute atomic E-state index is 0.0680. The van der Waals surface area contributed by atoms with Gasteiger partial charge in [0.25, 0.3) is 5.91 Å². The van der Waals surface area contributed by atoms with E-state index in [0.717, 1.165) is 23.8 Å². The normalized spacial score (nSPS) is 14.7. The summed E-state index contributed by atoms with van der Waals surface area (Å²) in [5.41, 5.74) is 3.42. The van der Waals surface area contributed by atoms with Crippen molar-refractivity contribution in [3.8, 4) is 11.5 Å². The lowest BCUT2D eigenvalue weighted by molar-refractivity contribution is 0.0741. The first-order valence-electron chi connectivity index (χ1n) is 8.51. The van der Waals surface area contributed by atoms with Crippen molar-refractivity contribution in [1.82, 2.24) is 15.1 Å². The first-order valence-corrected chi connectivity index (χ1v) is 8.89. The Labute approximate surface area is 156 Å². The molecule has 0 aliphatic carbocycles. The summed E-state index contributed by atoms with van der Waals surface area (Å²) in [5.74, 6) is 0.597. The third-order valence-corrected chi connectivity index (χ3v) is 4.90. The lowest BCUT2D eigenvalue weighted by atomic mass is 10.1. The molecular weight excluding hydrogens is 352 g/mol. The monoisotopic (exact) mass is 370 g/mol. The predicted octanol–water partition coefficient (Wildman–Crippen LogP) is 3.59. The van der Waals surface area contributed by atoms with Crippen molar-refractivity contribution in [3.63, 3.8) is 0 Å². The van der Waals surface area contributed by atoms with Crippen molar-refractivity contribution in [2.75, 3.05) is 31.1 Å². The maximum Gasteiger partial charge on any atom is 0.274 e. The van der Waals surface area contributed by atoms with Gasteiger partial charge in [0.15, 0.2) is 11.5 Å². The van der Waals surface area contributed by atoms with Crippen LogP contribution in [0.5, 0.6) is 0 Å². The van der Waals surface area contributed by atoms with Crippen LogP contribution in [0.15, 0.2) is 47.1 Å². The second-order valence-corrected chi connectivity index (χ2v) is 6.79. The summed E-state index contributed by atoms with van der Waals surface area (Å²) < 4.78 is 5.33. The van der Waals surface area contributed by atoms with Crippen molar-refractivity contribution in [2.45, 2.75) is 6.92 Å². The number of amides is 1. The van der Waals surface area contributed by atoms with Gasteiger partial charge in [0.2, 0.25) is 0 Å². The minimum Gasteiger partial charge on any atom is -0.463 e. The Balaban J connectivity index is 1.43. The van der Waals surface area contributed by atoms with E-state index in [1.807, 2.05) is 29.2 Å². The number of nitrogens with zero attached hydrogens (tertiary/aromatic N) is 3. The van der Waals surface area contributed by atoms with Gasteiger partial charge < -0.3 is 14.2 Å². The summed E-state index contributed by atoms with van der Waals surface area (Å²) in [6.07, 6.45) is 1.59. The van der Waals surface area contributed by atoms with Crippen molar-refractivity contribution in [2.24, 2.45) is 0 Å². The molecule has 1 saturated heterocycles. The smallest absolute Gasteiger partial charge is 0.274 e. The van der Waals surface area contributed by atoms with Gasteiger partial charge in [-0.1, -0.05) is 17.7 Å².